The molecule has 170 valence electrons. The van der Waals surface area contributed by atoms with E-state index in [9.17, 15) is 36.6 Å². The van der Waals surface area contributed by atoms with Crippen molar-refractivity contribution in [1.82, 2.24) is 20.0 Å². The number of nitrogens with zero attached hydrogens (tertiary/aromatic N) is 4. The van der Waals surface area contributed by atoms with Gasteiger partial charge in [-0.2, -0.15) is 13.2 Å². The van der Waals surface area contributed by atoms with Crippen LogP contribution in [0, 0.1) is 17.0 Å². The molecule has 1 aromatic carbocycles. The van der Waals surface area contributed by atoms with Crippen molar-refractivity contribution < 1.29 is 36.6 Å². The molecule has 3 amide bonds. The third-order valence-corrected chi connectivity index (χ3v) is 7.26. The highest BCUT2D eigenvalue weighted by Gasteiger charge is 2.70. The summed E-state index contributed by atoms with van der Waals surface area (Å²) in [5.41, 5.74) is -3.41. The van der Waals surface area contributed by atoms with Crippen molar-refractivity contribution in [2.45, 2.75) is 43.9 Å². The van der Waals surface area contributed by atoms with Crippen molar-refractivity contribution in [3.8, 4) is 16.3 Å². The summed E-state index contributed by atoms with van der Waals surface area (Å²) >= 11 is 0.865. The number of benzene rings is 1. The van der Waals surface area contributed by atoms with Crippen molar-refractivity contribution in [2.75, 3.05) is 6.54 Å². The maximum Gasteiger partial charge on any atom is 0.396 e. The first kappa shape index (κ1) is 21.0. The fraction of sp³-hybridized carbons (Fsp3) is 0.474. The fourth-order valence-corrected chi connectivity index (χ4v) is 4.84. The normalized spacial score (nSPS) is 21.0. The maximum atomic E-state index is 14.2. The average molecular weight is 474 g/mol. The van der Waals surface area contributed by atoms with Gasteiger partial charge in [0.2, 0.25) is 0 Å². The molecule has 0 radical (unpaired) electrons. The minimum Gasteiger partial charge on any atom is -0.503 e. The van der Waals surface area contributed by atoms with Gasteiger partial charge >= 0.3 is 12.2 Å². The lowest BCUT2D eigenvalue weighted by molar-refractivity contribution is -0.190. The van der Waals surface area contributed by atoms with Crippen molar-refractivity contribution in [1.29, 1.82) is 0 Å². The highest BCUT2D eigenvalue weighted by Crippen LogP contribution is 2.59. The number of carbonyl (C=O) groups excluding carboxylic acids is 2. The third kappa shape index (κ3) is 2.97. The Morgan fingerprint density at radius 1 is 1.09 bits per heavy atom. The number of amides is 3. The number of imide groups is 1. The van der Waals surface area contributed by atoms with Crippen LogP contribution in [0.2, 0.25) is 0 Å². The van der Waals surface area contributed by atoms with E-state index in [2.05, 4.69) is 10.2 Å². The summed E-state index contributed by atoms with van der Waals surface area (Å²) in [6, 6.07) is 1.13. The molecule has 2 saturated carbocycles. The van der Waals surface area contributed by atoms with E-state index in [4.69, 9.17) is 0 Å². The standard InChI is InChI=1S/C19H15F5N4O3S/c20-10-2-1-9(12(21)13(10)29)14-26-25-11(32-14)7-28-16(31)27(15(30)18(28)5-6-18)8-17(3-4-17)19(22,23)24/h1-2,29H,3-8H2. The van der Waals surface area contributed by atoms with Crippen molar-refractivity contribution in [2.24, 2.45) is 5.41 Å². The molecule has 3 fully saturated rings. The monoisotopic (exact) mass is 474 g/mol. The SMILES string of the molecule is O=C1N(CC2(C(F)(F)F)CC2)C(=O)C2(CC2)N1Cc1nnc(-c2ccc(F)c(O)c2F)s1. The van der Waals surface area contributed by atoms with Crippen LogP contribution in [0.3, 0.4) is 0 Å². The Morgan fingerprint density at radius 2 is 1.78 bits per heavy atom. The molecular weight excluding hydrogens is 459 g/mol. The summed E-state index contributed by atoms with van der Waals surface area (Å²) in [6.45, 7) is -0.888. The molecule has 32 heavy (non-hydrogen) atoms. The summed E-state index contributed by atoms with van der Waals surface area (Å²) < 4.78 is 67.5. The lowest BCUT2D eigenvalue weighted by atomic mass is 10.1. The van der Waals surface area contributed by atoms with Crippen LogP contribution in [-0.4, -0.2) is 55.3 Å². The number of carbonyl (C=O) groups is 2. The van der Waals surface area contributed by atoms with Gasteiger partial charge in [0.25, 0.3) is 5.91 Å². The average Bonchev–Trinajstić information content (AvgIpc) is 3.64. The number of phenolic OH excluding ortho intramolecular Hbond substituents is 1. The molecule has 0 unspecified atom stereocenters. The zero-order valence-corrected chi connectivity index (χ0v) is 17.1. The van der Waals surface area contributed by atoms with Gasteiger partial charge in [0, 0.05) is 6.54 Å². The lowest BCUT2D eigenvalue weighted by Gasteiger charge is -2.24. The van der Waals surface area contributed by atoms with Gasteiger partial charge in [0.15, 0.2) is 22.4 Å². The molecule has 0 atom stereocenters. The van der Waals surface area contributed by atoms with E-state index in [1.165, 1.54) is 4.90 Å². The number of hydrogen-bond donors (Lipinski definition) is 1. The Kier molecular flexibility index (Phi) is 4.33. The molecule has 2 aromatic rings. The molecule has 3 aliphatic rings. The van der Waals surface area contributed by atoms with Gasteiger partial charge in [-0.25, -0.2) is 13.6 Å². The van der Waals surface area contributed by atoms with Crippen LogP contribution in [0.1, 0.15) is 30.7 Å². The van der Waals surface area contributed by atoms with Gasteiger partial charge < -0.3 is 10.0 Å². The maximum absolute atomic E-state index is 14.2. The number of phenols is 1. The highest BCUT2D eigenvalue weighted by molar-refractivity contribution is 7.14. The topological polar surface area (TPSA) is 86.6 Å². The summed E-state index contributed by atoms with van der Waals surface area (Å²) in [7, 11) is 0. The van der Waals surface area contributed by atoms with Crippen LogP contribution < -0.4 is 0 Å². The molecular formula is C19H15F5N4O3S. The molecule has 2 heterocycles. The number of rotatable bonds is 5. The molecule has 1 N–H and O–H groups in total. The van der Waals surface area contributed by atoms with Crippen LogP contribution in [0.15, 0.2) is 12.1 Å². The molecule has 1 aromatic heterocycles. The summed E-state index contributed by atoms with van der Waals surface area (Å²) in [5, 5.41) is 17.4. The second-order valence-electron chi connectivity index (χ2n) is 8.33. The molecule has 5 rings (SSSR count). The molecule has 13 heteroatoms. The summed E-state index contributed by atoms with van der Waals surface area (Å²) in [4.78, 5) is 27.6. The van der Waals surface area contributed by atoms with Crippen LogP contribution in [0.25, 0.3) is 10.6 Å². The number of halogens is 5. The van der Waals surface area contributed by atoms with E-state index in [1.54, 1.807) is 0 Å². The largest absolute Gasteiger partial charge is 0.503 e. The van der Waals surface area contributed by atoms with Gasteiger partial charge in [0.05, 0.1) is 17.5 Å². The van der Waals surface area contributed by atoms with Crippen molar-refractivity contribution in [3.05, 3.63) is 28.8 Å². The lowest BCUT2D eigenvalue weighted by Crippen LogP contribution is -2.42. The van der Waals surface area contributed by atoms with E-state index in [0.29, 0.717) is 17.7 Å². The summed E-state index contributed by atoms with van der Waals surface area (Å²) in [5.74, 6) is -4.16. The Morgan fingerprint density at radius 3 is 2.38 bits per heavy atom. The number of aromatic hydroxyl groups is 1. The van der Waals surface area contributed by atoms with Gasteiger partial charge in [0.1, 0.15) is 10.5 Å². The Balaban J connectivity index is 1.38. The molecule has 1 aliphatic heterocycles. The van der Waals surface area contributed by atoms with Crippen molar-refractivity contribution in [3.63, 3.8) is 0 Å². The minimum absolute atomic E-state index is 0.0153. The third-order valence-electron chi connectivity index (χ3n) is 6.32. The van der Waals surface area contributed by atoms with E-state index in [1.807, 2.05) is 0 Å². The van der Waals surface area contributed by atoms with E-state index >= 15 is 0 Å². The fourth-order valence-electron chi connectivity index (χ4n) is 4.00. The zero-order valence-electron chi connectivity index (χ0n) is 16.2. The quantitative estimate of drug-likeness (QED) is 0.526. The smallest absolute Gasteiger partial charge is 0.396 e. The molecule has 7 nitrogen and oxygen atoms in total. The first-order valence-corrected chi connectivity index (χ1v) is 10.5. The Hall–Kier alpha value is -2.83. The predicted octanol–water partition coefficient (Wildman–Crippen LogP) is 3.83. The summed E-state index contributed by atoms with van der Waals surface area (Å²) in [6.07, 6.45) is -4.10. The number of hydrogen-bond acceptors (Lipinski definition) is 6. The number of aromatic nitrogens is 2. The first-order valence-electron chi connectivity index (χ1n) is 9.69. The number of urea groups is 1. The van der Waals surface area contributed by atoms with Crippen molar-refractivity contribution >= 4 is 23.3 Å². The zero-order chi connectivity index (χ0) is 23.1. The van der Waals surface area contributed by atoms with Crippen LogP contribution in [0.4, 0.5) is 26.7 Å². The minimum atomic E-state index is -4.50. The molecule has 1 saturated heterocycles. The Bertz CT molecular complexity index is 1140. The van der Waals surface area contributed by atoms with Crippen LogP contribution >= 0.6 is 11.3 Å². The molecule has 1 spiro atoms. The van der Waals surface area contributed by atoms with E-state index in [0.717, 1.165) is 23.5 Å². The van der Waals surface area contributed by atoms with E-state index < -0.39 is 53.0 Å². The van der Waals surface area contributed by atoms with Gasteiger partial charge in [-0.1, -0.05) is 11.3 Å². The highest BCUT2D eigenvalue weighted by atomic mass is 32.1. The number of alkyl halides is 3. The second kappa shape index (κ2) is 6.59. The van der Waals surface area contributed by atoms with Gasteiger partial charge in [-0.3, -0.25) is 9.69 Å². The second-order valence-corrected chi connectivity index (χ2v) is 9.39. The van der Waals surface area contributed by atoms with Crippen LogP contribution in [-0.2, 0) is 11.3 Å². The predicted molar refractivity (Wildman–Crippen MR) is 99.3 cm³/mol. The Labute approximate surface area is 181 Å². The van der Waals surface area contributed by atoms with Crippen LogP contribution in [0.5, 0.6) is 5.75 Å². The van der Waals surface area contributed by atoms with Gasteiger partial charge in [-0.15, -0.1) is 10.2 Å². The van der Waals surface area contributed by atoms with Gasteiger partial charge in [-0.05, 0) is 37.8 Å². The molecule has 2 aliphatic carbocycles. The van der Waals surface area contributed by atoms with E-state index in [-0.39, 0.29) is 35.0 Å². The first-order chi connectivity index (χ1) is 15.0. The molecule has 0 bridgehead atoms.